The van der Waals surface area contributed by atoms with Gasteiger partial charge in [0.2, 0.25) is 0 Å². The zero-order valence-electron chi connectivity index (χ0n) is 32.7. The number of fused-ring (bicyclic) bond motifs is 2. The van der Waals surface area contributed by atoms with Gasteiger partial charge in [0.1, 0.15) is 0 Å². The van der Waals surface area contributed by atoms with Crippen LogP contribution in [0, 0.1) is 46.3 Å². The van der Waals surface area contributed by atoms with E-state index in [4.69, 9.17) is 9.97 Å². The summed E-state index contributed by atoms with van der Waals surface area (Å²) in [6.45, 7) is 7.66. The van der Waals surface area contributed by atoms with Gasteiger partial charge in [-0.3, -0.25) is 0 Å². The highest BCUT2D eigenvalue weighted by Crippen LogP contribution is 2.78. The van der Waals surface area contributed by atoms with Gasteiger partial charge in [0.05, 0.1) is 30.0 Å². The lowest BCUT2D eigenvalue weighted by molar-refractivity contribution is -0.158. The summed E-state index contributed by atoms with van der Waals surface area (Å²) in [6, 6.07) is 34.9. The average molecular weight is 765 g/mol. The highest BCUT2D eigenvalue weighted by Gasteiger charge is 2.69. The molecule has 2 heterocycles. The smallest absolute Gasteiger partial charge is 0.0776 e. The van der Waals surface area contributed by atoms with Gasteiger partial charge in [-0.2, -0.15) is 0 Å². The van der Waals surface area contributed by atoms with Gasteiger partial charge >= 0.3 is 0 Å². The first-order valence-corrected chi connectivity index (χ1v) is 27.1. The van der Waals surface area contributed by atoms with Crippen LogP contribution in [0.1, 0.15) is 88.2 Å². The summed E-state index contributed by atoms with van der Waals surface area (Å²) in [7, 11) is 1.44. The van der Waals surface area contributed by atoms with E-state index in [2.05, 4.69) is 120 Å². The van der Waals surface area contributed by atoms with Crippen molar-refractivity contribution in [3.8, 4) is 0 Å². The number of pyridine rings is 2. The van der Waals surface area contributed by atoms with Crippen molar-refractivity contribution in [2.75, 3.05) is 0 Å². The molecule has 3 aromatic carbocycles. The van der Waals surface area contributed by atoms with Crippen LogP contribution in [0.4, 0.5) is 0 Å². The molecule has 0 saturated heterocycles. The van der Waals surface area contributed by atoms with Crippen molar-refractivity contribution in [1.29, 1.82) is 0 Å². The summed E-state index contributed by atoms with van der Waals surface area (Å²) in [5.74, 6) is 5.64. The van der Waals surface area contributed by atoms with Crippen molar-refractivity contribution in [1.82, 2.24) is 9.97 Å². The van der Waals surface area contributed by atoms with Gasteiger partial charge < -0.3 is 0 Å². The topological polar surface area (TPSA) is 25.8 Å². The third kappa shape index (κ3) is 5.44. The number of aromatic nitrogens is 2. The van der Waals surface area contributed by atoms with Crippen LogP contribution in [0.15, 0.2) is 91.0 Å². The average Bonchev–Trinajstić information content (AvgIpc) is 3.15. The van der Waals surface area contributed by atoms with Gasteiger partial charge in [-0.15, -0.1) is 9.24 Å². The molecule has 1 unspecified atom stereocenters. The van der Waals surface area contributed by atoms with Crippen molar-refractivity contribution in [2.45, 2.75) is 108 Å². The van der Waals surface area contributed by atoms with Crippen molar-refractivity contribution < 1.29 is 0 Å². The lowest BCUT2D eigenvalue weighted by Gasteiger charge is -2.72. The Morgan fingerprint density at radius 3 is 1.44 bits per heavy atom. The Kier molecular flexibility index (Phi) is 8.07. The maximum Gasteiger partial charge on any atom is 0.0776 e. The lowest BCUT2D eigenvalue weighted by Crippen LogP contribution is -2.64. The molecule has 0 radical (unpaired) electrons. The Bertz CT molecular complexity index is 2080. The Balaban J connectivity index is 1.13. The van der Waals surface area contributed by atoms with E-state index < -0.39 is 16.0 Å². The molecule has 0 N–H and O–H groups in total. The maximum atomic E-state index is 5.49. The zero-order valence-corrected chi connectivity index (χ0v) is 35.8. The fourth-order valence-corrected chi connectivity index (χ4v) is 19.1. The summed E-state index contributed by atoms with van der Waals surface area (Å²) < 4.78 is 0. The molecule has 2 aromatic heterocycles. The Labute approximate surface area is 328 Å². The van der Waals surface area contributed by atoms with Gasteiger partial charge in [-0.05, 0) is 159 Å². The van der Waals surface area contributed by atoms with E-state index >= 15 is 0 Å². The maximum absolute atomic E-state index is 5.49. The molecule has 0 amide bonds. The Hall–Kier alpha value is -2.44. The number of hydrogen-bond donors (Lipinski definition) is 0. The number of hydrogen-bond acceptors (Lipinski definition) is 2. The van der Waals surface area contributed by atoms with Crippen LogP contribution < -0.4 is 16.1 Å². The minimum atomic E-state index is -1.60. The van der Waals surface area contributed by atoms with Gasteiger partial charge in [0.25, 0.3) is 0 Å². The summed E-state index contributed by atoms with van der Waals surface area (Å²) in [4.78, 5) is 11.0. The quantitative estimate of drug-likeness (QED) is 0.116. The molecular formula is C49H58N2P2Si. The van der Waals surface area contributed by atoms with Crippen LogP contribution in [0.25, 0.3) is 21.8 Å². The van der Waals surface area contributed by atoms with E-state index in [0.29, 0.717) is 10.8 Å². The predicted octanol–water partition coefficient (Wildman–Crippen LogP) is 11.5. The molecule has 1 atom stereocenters. The molecule has 8 fully saturated rings. The molecular weight excluding hydrogens is 707 g/mol. The van der Waals surface area contributed by atoms with Crippen LogP contribution in [0.5, 0.6) is 0 Å². The molecule has 8 bridgehead atoms. The summed E-state index contributed by atoms with van der Waals surface area (Å²) >= 11 is 0. The number of rotatable bonds is 8. The van der Waals surface area contributed by atoms with Crippen molar-refractivity contribution in [2.24, 2.45) is 46.3 Å². The second kappa shape index (κ2) is 12.5. The molecule has 54 heavy (non-hydrogen) atoms. The number of para-hydroxylation sites is 2. The highest BCUT2D eigenvalue weighted by molar-refractivity contribution is 7.71. The Morgan fingerprint density at radius 1 is 0.593 bits per heavy atom. The van der Waals surface area contributed by atoms with Crippen LogP contribution in [-0.4, -0.2) is 18.0 Å². The van der Waals surface area contributed by atoms with E-state index in [1.807, 2.05) is 0 Å². The first-order valence-electron chi connectivity index (χ1n) is 21.5. The lowest BCUT2D eigenvalue weighted by atomic mass is 9.37. The fraction of sp³-hybridized carbons (Fsp3) is 0.510. The van der Waals surface area contributed by atoms with Crippen molar-refractivity contribution >= 4 is 63.1 Å². The molecule has 2 nitrogen and oxygen atoms in total. The monoisotopic (exact) mass is 764 g/mol. The van der Waals surface area contributed by atoms with Crippen molar-refractivity contribution in [3.63, 3.8) is 0 Å². The van der Waals surface area contributed by atoms with E-state index in [-0.39, 0.29) is 5.16 Å². The van der Waals surface area contributed by atoms with Crippen LogP contribution >= 0.6 is 17.2 Å². The molecule has 0 aliphatic heterocycles. The SMILES string of the molecule is C[Si](C)(C)c1ccc(C(P)(C23CC4CC(CC(C4)C2)C3)C23CC4CC(CC(C4)C2)C3)c(CP(c2ccc3ccccc3n2)c2ccc3ccccc3n2)c1. The fourth-order valence-electron chi connectivity index (χ4n) is 14.8. The third-order valence-electron chi connectivity index (χ3n) is 16.2. The largest absolute Gasteiger partial charge is 0.248 e. The first kappa shape index (κ1) is 34.8. The molecule has 8 saturated carbocycles. The van der Waals surface area contributed by atoms with Crippen LogP contribution in [0.2, 0.25) is 19.6 Å². The minimum Gasteiger partial charge on any atom is -0.248 e. The molecule has 0 spiro atoms. The van der Waals surface area contributed by atoms with Gasteiger partial charge in [0.15, 0.2) is 0 Å². The second-order valence-corrected chi connectivity index (χ2v) is 28.7. The Morgan fingerprint density at radius 2 is 1.02 bits per heavy atom. The van der Waals surface area contributed by atoms with E-state index in [1.165, 1.54) is 98.7 Å². The first-order chi connectivity index (χ1) is 26.1. The van der Waals surface area contributed by atoms with Gasteiger partial charge in [-0.1, -0.05) is 91.6 Å². The summed E-state index contributed by atoms with van der Waals surface area (Å²) in [6.07, 6.45) is 18.9. The predicted molar refractivity (Wildman–Crippen MR) is 235 cm³/mol. The van der Waals surface area contributed by atoms with E-state index in [9.17, 15) is 0 Å². The van der Waals surface area contributed by atoms with Gasteiger partial charge in [0, 0.05) is 30.0 Å². The van der Waals surface area contributed by atoms with Crippen LogP contribution in [-0.2, 0) is 11.3 Å². The zero-order chi connectivity index (χ0) is 36.5. The number of nitrogens with zero attached hydrogens (tertiary/aromatic N) is 2. The highest BCUT2D eigenvalue weighted by atomic mass is 31.1. The number of benzene rings is 3. The third-order valence-corrected chi connectivity index (χ3v) is 22.0. The summed E-state index contributed by atoms with van der Waals surface area (Å²) in [5.41, 5.74) is 8.77. The van der Waals surface area contributed by atoms with Crippen molar-refractivity contribution in [3.05, 3.63) is 102 Å². The van der Waals surface area contributed by atoms with Gasteiger partial charge in [-0.25, -0.2) is 9.97 Å². The normalized spacial score (nSPS) is 33.6. The molecule has 5 heteroatoms. The molecule has 5 aromatic rings. The molecule has 278 valence electrons. The molecule has 13 rings (SSSR count). The second-order valence-electron chi connectivity index (χ2n) is 20.6. The standard InChI is InChI=1S/C49H58N2P2Si/c1-54(2,3)41-14-15-42(49(52,47-25-32-18-33(26-47)20-34(19-32)27-47)48-28-35-21-36(29-48)23-37(22-35)30-48)40(24-41)31-53(45-16-12-38-8-4-6-10-43(38)50-45)46-17-13-39-9-5-7-11-44(39)51-46/h4-17,24,32-37H,18-23,25-31,52H2,1-3H3. The molecule has 8 aliphatic rings. The minimum absolute atomic E-state index is 0.105. The van der Waals surface area contributed by atoms with Crippen LogP contribution in [0.3, 0.4) is 0 Å². The van der Waals surface area contributed by atoms with E-state index in [1.54, 1.807) is 16.3 Å². The molecule has 8 aliphatic carbocycles. The van der Waals surface area contributed by atoms with E-state index in [0.717, 1.165) is 52.7 Å². The summed E-state index contributed by atoms with van der Waals surface area (Å²) in [5, 5.41) is 4.15.